The summed E-state index contributed by atoms with van der Waals surface area (Å²) in [5.74, 6) is 2.59. The van der Waals surface area contributed by atoms with Gasteiger partial charge < -0.3 is 14.8 Å². The number of hydrogen-bond acceptors (Lipinski definition) is 3. The number of para-hydroxylation sites is 1. The van der Waals surface area contributed by atoms with Crippen molar-refractivity contribution in [3.8, 4) is 11.5 Å². The molecule has 2 aliphatic rings. The first kappa shape index (κ1) is 10.9. The van der Waals surface area contributed by atoms with Gasteiger partial charge in [-0.15, -0.1) is 0 Å². The van der Waals surface area contributed by atoms with E-state index in [9.17, 15) is 0 Å². The summed E-state index contributed by atoms with van der Waals surface area (Å²) in [4.78, 5) is 0. The van der Waals surface area contributed by atoms with E-state index in [1.165, 1.54) is 24.8 Å². The van der Waals surface area contributed by atoms with Gasteiger partial charge in [-0.1, -0.05) is 18.6 Å². The summed E-state index contributed by atoms with van der Waals surface area (Å²) in [6.07, 6.45) is 3.99. The van der Waals surface area contributed by atoms with E-state index in [0.717, 1.165) is 17.4 Å². The summed E-state index contributed by atoms with van der Waals surface area (Å²) in [5.41, 5.74) is 1.26. The molecule has 0 aromatic heterocycles. The third-order valence-corrected chi connectivity index (χ3v) is 3.86. The van der Waals surface area contributed by atoms with Gasteiger partial charge >= 0.3 is 0 Å². The van der Waals surface area contributed by atoms with Gasteiger partial charge in [-0.25, -0.2) is 0 Å². The van der Waals surface area contributed by atoms with Crippen molar-refractivity contribution in [1.82, 2.24) is 5.32 Å². The van der Waals surface area contributed by atoms with Gasteiger partial charge in [0.2, 0.25) is 0 Å². The summed E-state index contributed by atoms with van der Waals surface area (Å²) in [6, 6.07) is 6.62. The lowest BCUT2D eigenvalue weighted by Crippen LogP contribution is -2.31. The Balaban J connectivity index is 1.94. The maximum atomic E-state index is 5.79. The van der Waals surface area contributed by atoms with Crippen LogP contribution in [0, 0.1) is 5.92 Å². The van der Waals surface area contributed by atoms with Crippen molar-refractivity contribution in [3.05, 3.63) is 23.8 Å². The predicted octanol–water partition coefficient (Wildman–Crippen LogP) is 2.52. The monoisotopic (exact) mass is 233 g/mol. The molecule has 17 heavy (non-hydrogen) atoms. The highest BCUT2D eigenvalue weighted by Gasteiger charge is 2.30. The molecule has 1 fully saturated rings. The van der Waals surface area contributed by atoms with Crippen molar-refractivity contribution in [2.24, 2.45) is 5.92 Å². The molecular formula is C14H19NO2. The second kappa shape index (κ2) is 4.57. The SMILES string of the molecule is CNC(c1cccc2c1OCCO2)C1CCC1. The molecule has 1 N–H and O–H groups in total. The van der Waals surface area contributed by atoms with E-state index in [-0.39, 0.29) is 0 Å². The van der Waals surface area contributed by atoms with Crippen LogP contribution in [-0.2, 0) is 0 Å². The fourth-order valence-corrected chi connectivity index (χ4v) is 2.76. The predicted molar refractivity (Wildman–Crippen MR) is 66.6 cm³/mol. The molecule has 1 aliphatic heterocycles. The third kappa shape index (κ3) is 1.89. The zero-order chi connectivity index (χ0) is 11.7. The van der Waals surface area contributed by atoms with Gasteiger partial charge in [0.1, 0.15) is 13.2 Å². The molecule has 0 amide bonds. The Morgan fingerprint density at radius 1 is 1.24 bits per heavy atom. The van der Waals surface area contributed by atoms with Crippen LogP contribution >= 0.6 is 0 Å². The number of nitrogens with one attached hydrogen (secondary N) is 1. The van der Waals surface area contributed by atoms with Gasteiger partial charge in [0.25, 0.3) is 0 Å². The Kier molecular flexibility index (Phi) is 2.93. The summed E-state index contributed by atoms with van der Waals surface area (Å²) in [6.45, 7) is 1.31. The Morgan fingerprint density at radius 3 is 2.76 bits per heavy atom. The second-order valence-electron chi connectivity index (χ2n) is 4.83. The minimum atomic E-state index is 0.403. The molecule has 1 saturated carbocycles. The van der Waals surface area contributed by atoms with E-state index in [4.69, 9.17) is 9.47 Å². The molecule has 0 radical (unpaired) electrons. The number of rotatable bonds is 3. The minimum absolute atomic E-state index is 0.403. The van der Waals surface area contributed by atoms with Crippen LogP contribution in [0.25, 0.3) is 0 Å². The minimum Gasteiger partial charge on any atom is -0.486 e. The van der Waals surface area contributed by atoms with Crippen LogP contribution in [0.4, 0.5) is 0 Å². The van der Waals surface area contributed by atoms with E-state index in [0.29, 0.717) is 19.3 Å². The van der Waals surface area contributed by atoms with Crippen LogP contribution in [0.3, 0.4) is 0 Å². The highest BCUT2D eigenvalue weighted by Crippen LogP contribution is 2.44. The van der Waals surface area contributed by atoms with Crippen molar-refractivity contribution in [3.63, 3.8) is 0 Å². The molecule has 1 aromatic carbocycles. The van der Waals surface area contributed by atoms with Gasteiger partial charge in [0.05, 0.1) is 0 Å². The summed E-state index contributed by atoms with van der Waals surface area (Å²) < 4.78 is 11.4. The summed E-state index contributed by atoms with van der Waals surface area (Å²) in [5, 5.41) is 3.43. The molecule has 3 rings (SSSR count). The Labute approximate surface area is 102 Å². The molecule has 3 nitrogen and oxygen atoms in total. The first-order chi connectivity index (χ1) is 8.40. The van der Waals surface area contributed by atoms with E-state index < -0.39 is 0 Å². The standard InChI is InChI=1S/C14H19NO2/c1-15-13(10-4-2-5-10)11-6-3-7-12-14(11)17-9-8-16-12/h3,6-7,10,13,15H,2,4-5,8-9H2,1H3. The highest BCUT2D eigenvalue weighted by molar-refractivity contribution is 5.49. The number of ether oxygens (including phenoxy) is 2. The van der Waals surface area contributed by atoms with Crippen LogP contribution in [0.2, 0.25) is 0 Å². The van der Waals surface area contributed by atoms with Gasteiger partial charge in [0, 0.05) is 11.6 Å². The van der Waals surface area contributed by atoms with E-state index >= 15 is 0 Å². The smallest absolute Gasteiger partial charge is 0.166 e. The van der Waals surface area contributed by atoms with Gasteiger partial charge in [-0.3, -0.25) is 0 Å². The quantitative estimate of drug-likeness (QED) is 0.870. The molecule has 1 atom stereocenters. The third-order valence-electron chi connectivity index (χ3n) is 3.86. The highest BCUT2D eigenvalue weighted by atomic mass is 16.6. The molecule has 1 aliphatic carbocycles. The van der Waals surface area contributed by atoms with Crippen molar-refractivity contribution in [1.29, 1.82) is 0 Å². The topological polar surface area (TPSA) is 30.5 Å². The first-order valence-electron chi connectivity index (χ1n) is 6.46. The molecule has 1 heterocycles. The molecule has 1 aromatic rings. The lowest BCUT2D eigenvalue weighted by molar-refractivity contribution is 0.163. The fourth-order valence-electron chi connectivity index (χ4n) is 2.76. The number of benzene rings is 1. The van der Waals surface area contributed by atoms with Crippen molar-refractivity contribution in [2.75, 3.05) is 20.3 Å². The van der Waals surface area contributed by atoms with Crippen molar-refractivity contribution in [2.45, 2.75) is 25.3 Å². The van der Waals surface area contributed by atoms with Gasteiger partial charge in [-0.2, -0.15) is 0 Å². The first-order valence-corrected chi connectivity index (χ1v) is 6.46. The van der Waals surface area contributed by atoms with E-state index in [1.54, 1.807) is 0 Å². The molecular weight excluding hydrogens is 214 g/mol. The Morgan fingerprint density at radius 2 is 2.06 bits per heavy atom. The molecule has 0 bridgehead atoms. The molecule has 3 heteroatoms. The fraction of sp³-hybridized carbons (Fsp3) is 0.571. The van der Waals surface area contributed by atoms with Crippen molar-refractivity contribution >= 4 is 0 Å². The number of fused-ring (bicyclic) bond motifs is 1. The average Bonchev–Trinajstić information content (AvgIpc) is 2.33. The molecule has 92 valence electrons. The van der Waals surface area contributed by atoms with E-state index in [1.807, 2.05) is 13.1 Å². The maximum Gasteiger partial charge on any atom is 0.166 e. The lowest BCUT2D eigenvalue weighted by atomic mass is 9.77. The normalized spacial score (nSPS) is 20.8. The molecule has 0 spiro atoms. The van der Waals surface area contributed by atoms with Gasteiger partial charge in [-0.05, 0) is 31.9 Å². The summed E-state index contributed by atoms with van der Waals surface area (Å²) in [7, 11) is 2.03. The zero-order valence-corrected chi connectivity index (χ0v) is 10.2. The molecule has 1 unspecified atom stereocenters. The zero-order valence-electron chi connectivity index (χ0n) is 10.2. The average molecular weight is 233 g/mol. The van der Waals surface area contributed by atoms with Crippen molar-refractivity contribution < 1.29 is 9.47 Å². The lowest BCUT2D eigenvalue weighted by Gasteiger charge is -2.35. The largest absolute Gasteiger partial charge is 0.486 e. The van der Waals surface area contributed by atoms with Crippen LogP contribution in [0.1, 0.15) is 30.9 Å². The Bertz CT molecular complexity index is 401. The van der Waals surface area contributed by atoms with Crippen LogP contribution in [-0.4, -0.2) is 20.3 Å². The van der Waals surface area contributed by atoms with Crippen LogP contribution in [0.5, 0.6) is 11.5 Å². The van der Waals surface area contributed by atoms with Crippen LogP contribution in [0.15, 0.2) is 18.2 Å². The van der Waals surface area contributed by atoms with E-state index in [2.05, 4.69) is 17.4 Å². The molecule has 0 saturated heterocycles. The Hall–Kier alpha value is -1.22. The maximum absolute atomic E-state index is 5.79. The van der Waals surface area contributed by atoms with Crippen LogP contribution < -0.4 is 14.8 Å². The summed E-state index contributed by atoms with van der Waals surface area (Å²) >= 11 is 0. The van der Waals surface area contributed by atoms with Gasteiger partial charge in [0.15, 0.2) is 11.5 Å². The number of hydrogen-bond donors (Lipinski definition) is 1. The second-order valence-corrected chi connectivity index (χ2v) is 4.83.